The summed E-state index contributed by atoms with van der Waals surface area (Å²) in [5.74, 6) is 0.782. The van der Waals surface area contributed by atoms with E-state index < -0.39 is 4.92 Å². The maximum Gasteiger partial charge on any atom is 0.277 e. The summed E-state index contributed by atoms with van der Waals surface area (Å²) in [5, 5.41) is 19.4. The molecule has 0 saturated heterocycles. The molecule has 0 spiro atoms. The number of nitrogens with zero attached hydrogens (tertiary/aromatic N) is 2. The van der Waals surface area contributed by atoms with Crippen LogP contribution in [-0.2, 0) is 6.42 Å². The third-order valence-electron chi connectivity index (χ3n) is 2.24. The van der Waals surface area contributed by atoms with Crippen LogP contribution in [0.4, 0.5) is 5.69 Å². The number of nitro groups is 1. The van der Waals surface area contributed by atoms with E-state index in [2.05, 4.69) is 0 Å². The van der Waals surface area contributed by atoms with Gasteiger partial charge in [-0.3, -0.25) is 10.1 Å². The van der Waals surface area contributed by atoms with Gasteiger partial charge in [-0.2, -0.15) is 5.26 Å². The topological polar surface area (TPSA) is 85.4 Å². The van der Waals surface area contributed by atoms with E-state index in [0.717, 1.165) is 0 Å². The normalized spacial score (nSPS) is 12.9. The van der Waals surface area contributed by atoms with Crippen molar-refractivity contribution < 1.29 is 14.4 Å². The van der Waals surface area contributed by atoms with Gasteiger partial charge in [-0.1, -0.05) is 0 Å². The van der Waals surface area contributed by atoms with Crippen molar-refractivity contribution in [2.45, 2.75) is 6.42 Å². The molecule has 0 unspecified atom stereocenters. The van der Waals surface area contributed by atoms with E-state index in [0.29, 0.717) is 24.7 Å². The molecule has 6 heteroatoms. The molecule has 1 aromatic carbocycles. The van der Waals surface area contributed by atoms with E-state index in [4.69, 9.17) is 14.7 Å². The van der Waals surface area contributed by atoms with Gasteiger partial charge in [-0.05, 0) is 6.07 Å². The van der Waals surface area contributed by atoms with Crippen LogP contribution in [0.25, 0.3) is 0 Å². The number of rotatable bonds is 2. The Kier molecular flexibility index (Phi) is 2.60. The summed E-state index contributed by atoms with van der Waals surface area (Å²) in [6.07, 6.45) is -0.0666. The SMILES string of the molecule is N#CCc1c([N+](=O)[O-])ccc2c1OCCO2. The van der Waals surface area contributed by atoms with Gasteiger partial charge in [0.2, 0.25) is 0 Å². The first kappa shape index (κ1) is 10.2. The van der Waals surface area contributed by atoms with Gasteiger partial charge in [0, 0.05) is 6.07 Å². The summed E-state index contributed by atoms with van der Waals surface area (Å²) in [5.41, 5.74) is 0.176. The van der Waals surface area contributed by atoms with Crippen LogP contribution in [0.15, 0.2) is 12.1 Å². The zero-order valence-corrected chi connectivity index (χ0v) is 8.30. The van der Waals surface area contributed by atoms with Gasteiger partial charge in [0.15, 0.2) is 11.5 Å². The van der Waals surface area contributed by atoms with Gasteiger partial charge in [-0.15, -0.1) is 0 Å². The fourth-order valence-electron chi connectivity index (χ4n) is 1.58. The van der Waals surface area contributed by atoms with Crippen molar-refractivity contribution in [1.82, 2.24) is 0 Å². The molecule has 1 aromatic rings. The minimum Gasteiger partial charge on any atom is -0.486 e. The third-order valence-corrected chi connectivity index (χ3v) is 2.24. The number of ether oxygens (including phenoxy) is 2. The lowest BCUT2D eigenvalue weighted by Gasteiger charge is -2.20. The fourth-order valence-corrected chi connectivity index (χ4v) is 1.58. The number of nitro benzene ring substituents is 1. The molecule has 1 heterocycles. The van der Waals surface area contributed by atoms with Crippen LogP contribution >= 0.6 is 0 Å². The van der Waals surface area contributed by atoms with Crippen LogP contribution in [0.5, 0.6) is 11.5 Å². The number of fused-ring (bicyclic) bond motifs is 1. The van der Waals surface area contributed by atoms with E-state index in [9.17, 15) is 10.1 Å². The molecule has 0 fully saturated rings. The van der Waals surface area contributed by atoms with Crippen molar-refractivity contribution in [3.8, 4) is 17.6 Å². The van der Waals surface area contributed by atoms with Crippen molar-refractivity contribution in [3.05, 3.63) is 27.8 Å². The number of benzene rings is 1. The molecule has 6 nitrogen and oxygen atoms in total. The molecule has 2 rings (SSSR count). The fraction of sp³-hybridized carbons (Fsp3) is 0.300. The van der Waals surface area contributed by atoms with Crippen molar-refractivity contribution in [3.63, 3.8) is 0 Å². The molecule has 0 saturated carbocycles. The van der Waals surface area contributed by atoms with E-state index >= 15 is 0 Å². The highest BCUT2D eigenvalue weighted by atomic mass is 16.6. The van der Waals surface area contributed by atoms with E-state index in [1.165, 1.54) is 12.1 Å². The minimum absolute atomic E-state index is 0.0666. The summed E-state index contributed by atoms with van der Waals surface area (Å²) in [4.78, 5) is 10.3. The average molecular weight is 220 g/mol. The molecular formula is C10H8N2O4. The highest BCUT2D eigenvalue weighted by Crippen LogP contribution is 2.39. The molecule has 0 N–H and O–H groups in total. The van der Waals surface area contributed by atoms with Gasteiger partial charge in [0.05, 0.1) is 23.0 Å². The van der Waals surface area contributed by atoms with E-state index in [-0.39, 0.29) is 17.7 Å². The zero-order valence-electron chi connectivity index (χ0n) is 8.30. The van der Waals surface area contributed by atoms with Crippen LogP contribution < -0.4 is 9.47 Å². The van der Waals surface area contributed by atoms with Crippen molar-refractivity contribution in [1.29, 1.82) is 5.26 Å². The summed E-state index contributed by atoms with van der Waals surface area (Å²) in [6.45, 7) is 0.753. The Hall–Kier alpha value is -2.29. The zero-order chi connectivity index (χ0) is 11.5. The lowest BCUT2D eigenvalue weighted by molar-refractivity contribution is -0.385. The van der Waals surface area contributed by atoms with Crippen LogP contribution in [0.3, 0.4) is 0 Å². The van der Waals surface area contributed by atoms with Gasteiger partial charge in [0.1, 0.15) is 13.2 Å². The van der Waals surface area contributed by atoms with Gasteiger partial charge < -0.3 is 9.47 Å². The highest BCUT2D eigenvalue weighted by Gasteiger charge is 2.24. The minimum atomic E-state index is -0.523. The van der Waals surface area contributed by atoms with Crippen LogP contribution in [0.1, 0.15) is 5.56 Å². The average Bonchev–Trinajstić information content (AvgIpc) is 2.29. The smallest absolute Gasteiger partial charge is 0.277 e. The van der Waals surface area contributed by atoms with Crippen LogP contribution in [0.2, 0.25) is 0 Å². The standard InChI is InChI=1S/C10H8N2O4/c11-4-3-7-8(12(13)14)1-2-9-10(7)16-6-5-15-9/h1-2H,3,5-6H2. The number of hydrogen-bond donors (Lipinski definition) is 0. The van der Waals surface area contributed by atoms with Crippen molar-refractivity contribution in [2.75, 3.05) is 13.2 Å². The molecule has 16 heavy (non-hydrogen) atoms. The Morgan fingerprint density at radius 2 is 2.19 bits per heavy atom. The van der Waals surface area contributed by atoms with Crippen LogP contribution in [0, 0.1) is 21.4 Å². The maximum absolute atomic E-state index is 10.8. The Balaban J connectivity index is 2.57. The van der Waals surface area contributed by atoms with Crippen molar-refractivity contribution in [2.24, 2.45) is 0 Å². The summed E-state index contributed by atoms with van der Waals surface area (Å²) in [7, 11) is 0. The second-order valence-corrected chi connectivity index (χ2v) is 3.18. The molecule has 0 atom stereocenters. The molecule has 0 bridgehead atoms. The lowest BCUT2D eigenvalue weighted by atomic mass is 10.1. The van der Waals surface area contributed by atoms with E-state index in [1.54, 1.807) is 0 Å². The maximum atomic E-state index is 10.8. The predicted octanol–water partition coefficient (Wildman–Crippen LogP) is 1.43. The Morgan fingerprint density at radius 3 is 2.88 bits per heavy atom. The van der Waals surface area contributed by atoms with E-state index in [1.807, 2.05) is 6.07 Å². The van der Waals surface area contributed by atoms with Crippen LogP contribution in [-0.4, -0.2) is 18.1 Å². The first-order valence-corrected chi connectivity index (χ1v) is 4.67. The predicted molar refractivity (Wildman–Crippen MR) is 53.4 cm³/mol. The first-order valence-electron chi connectivity index (χ1n) is 4.67. The molecule has 0 aliphatic carbocycles. The second kappa shape index (κ2) is 4.06. The van der Waals surface area contributed by atoms with Gasteiger partial charge in [-0.25, -0.2) is 0 Å². The first-order chi connectivity index (χ1) is 7.74. The Morgan fingerprint density at radius 1 is 1.44 bits per heavy atom. The quantitative estimate of drug-likeness (QED) is 0.556. The summed E-state index contributed by atoms with van der Waals surface area (Å²) in [6, 6.07) is 4.72. The Bertz CT molecular complexity index is 478. The second-order valence-electron chi connectivity index (χ2n) is 3.18. The molecule has 1 aliphatic heterocycles. The highest BCUT2D eigenvalue weighted by molar-refractivity contribution is 5.58. The third kappa shape index (κ3) is 1.63. The molecule has 1 aliphatic rings. The molecule has 0 radical (unpaired) electrons. The monoisotopic (exact) mass is 220 g/mol. The summed E-state index contributed by atoms with van der Waals surface area (Å²) < 4.78 is 10.6. The summed E-state index contributed by atoms with van der Waals surface area (Å²) >= 11 is 0. The Labute approximate surface area is 91.2 Å². The number of hydrogen-bond acceptors (Lipinski definition) is 5. The van der Waals surface area contributed by atoms with Gasteiger partial charge >= 0.3 is 0 Å². The molecule has 0 aromatic heterocycles. The number of nitriles is 1. The molecule has 82 valence electrons. The molecule has 0 amide bonds. The van der Waals surface area contributed by atoms with Crippen molar-refractivity contribution >= 4 is 5.69 Å². The lowest BCUT2D eigenvalue weighted by Crippen LogP contribution is -2.17. The largest absolute Gasteiger partial charge is 0.486 e. The molecular weight excluding hydrogens is 212 g/mol. The van der Waals surface area contributed by atoms with Gasteiger partial charge in [0.25, 0.3) is 5.69 Å².